The molecule has 0 bridgehead atoms. The van der Waals surface area contributed by atoms with Crippen molar-refractivity contribution in [1.29, 1.82) is 0 Å². The van der Waals surface area contributed by atoms with Crippen LogP contribution in [0.25, 0.3) is 0 Å². The first-order valence-corrected chi connectivity index (χ1v) is 5.70. The van der Waals surface area contributed by atoms with Crippen molar-refractivity contribution in [3.05, 3.63) is 21.6 Å². The van der Waals surface area contributed by atoms with Crippen molar-refractivity contribution in [2.75, 3.05) is 11.9 Å². The van der Waals surface area contributed by atoms with E-state index in [9.17, 15) is 4.79 Å². The van der Waals surface area contributed by atoms with Crippen molar-refractivity contribution in [3.63, 3.8) is 0 Å². The van der Waals surface area contributed by atoms with Gasteiger partial charge in [0.1, 0.15) is 5.02 Å². The zero-order valence-electron chi connectivity index (χ0n) is 9.53. The Labute approximate surface area is 99.6 Å². The van der Waals surface area contributed by atoms with E-state index in [0.717, 1.165) is 6.42 Å². The summed E-state index contributed by atoms with van der Waals surface area (Å²) in [5.41, 5.74) is 5.75. The topological polar surface area (TPSA) is 72.9 Å². The van der Waals surface area contributed by atoms with Crippen molar-refractivity contribution >= 4 is 17.3 Å². The second kappa shape index (κ2) is 5.86. The Morgan fingerprint density at radius 3 is 2.94 bits per heavy atom. The SMILES string of the molecule is CCCn1ncc(NC(C)CN)c(Cl)c1=O. The van der Waals surface area contributed by atoms with E-state index >= 15 is 0 Å². The number of hydrogen-bond acceptors (Lipinski definition) is 4. The number of halogens is 1. The number of rotatable bonds is 5. The second-order valence-corrected chi connectivity index (χ2v) is 4.06. The summed E-state index contributed by atoms with van der Waals surface area (Å²) < 4.78 is 1.36. The van der Waals surface area contributed by atoms with Gasteiger partial charge in [0.25, 0.3) is 5.56 Å². The molecule has 0 aliphatic carbocycles. The lowest BCUT2D eigenvalue weighted by molar-refractivity contribution is 0.568. The molecule has 0 saturated carbocycles. The molecule has 0 aliphatic heterocycles. The molecule has 0 amide bonds. The normalized spacial score (nSPS) is 12.5. The maximum atomic E-state index is 11.7. The van der Waals surface area contributed by atoms with E-state index in [4.69, 9.17) is 17.3 Å². The van der Waals surface area contributed by atoms with Gasteiger partial charge in [-0.25, -0.2) is 4.68 Å². The van der Waals surface area contributed by atoms with E-state index in [0.29, 0.717) is 18.8 Å². The summed E-state index contributed by atoms with van der Waals surface area (Å²) in [5.74, 6) is 0. The molecular weight excluding hydrogens is 228 g/mol. The fourth-order valence-electron chi connectivity index (χ4n) is 1.26. The highest BCUT2D eigenvalue weighted by atomic mass is 35.5. The minimum Gasteiger partial charge on any atom is -0.379 e. The molecule has 1 rings (SSSR count). The monoisotopic (exact) mass is 244 g/mol. The van der Waals surface area contributed by atoms with Crippen LogP contribution in [-0.4, -0.2) is 22.4 Å². The lowest BCUT2D eigenvalue weighted by Gasteiger charge is -2.14. The van der Waals surface area contributed by atoms with Gasteiger partial charge in [0.05, 0.1) is 11.9 Å². The summed E-state index contributed by atoms with van der Waals surface area (Å²) in [6.45, 7) is 4.93. The van der Waals surface area contributed by atoms with Crippen molar-refractivity contribution in [1.82, 2.24) is 9.78 Å². The first-order valence-electron chi connectivity index (χ1n) is 5.32. The van der Waals surface area contributed by atoms with Gasteiger partial charge in [0, 0.05) is 19.1 Å². The molecule has 6 heteroatoms. The smallest absolute Gasteiger partial charge is 0.287 e. The minimum absolute atomic E-state index is 0.0562. The van der Waals surface area contributed by atoms with E-state index in [-0.39, 0.29) is 16.6 Å². The highest BCUT2D eigenvalue weighted by molar-refractivity contribution is 6.32. The van der Waals surface area contributed by atoms with E-state index in [1.807, 2.05) is 13.8 Å². The van der Waals surface area contributed by atoms with Crippen LogP contribution >= 0.6 is 11.6 Å². The highest BCUT2D eigenvalue weighted by Gasteiger charge is 2.10. The minimum atomic E-state index is -0.266. The van der Waals surface area contributed by atoms with Crippen LogP contribution in [0.2, 0.25) is 5.02 Å². The van der Waals surface area contributed by atoms with Crippen LogP contribution in [0.15, 0.2) is 11.0 Å². The van der Waals surface area contributed by atoms with Crippen molar-refractivity contribution in [2.45, 2.75) is 32.9 Å². The molecule has 1 aromatic heterocycles. The zero-order valence-corrected chi connectivity index (χ0v) is 10.3. The first kappa shape index (κ1) is 13.0. The molecule has 0 radical (unpaired) electrons. The maximum Gasteiger partial charge on any atom is 0.287 e. The molecule has 0 spiro atoms. The molecular formula is C10H17ClN4O. The zero-order chi connectivity index (χ0) is 12.1. The molecule has 0 fully saturated rings. The van der Waals surface area contributed by atoms with Gasteiger partial charge in [-0.15, -0.1) is 0 Å². The van der Waals surface area contributed by atoms with Crippen LogP contribution in [0.5, 0.6) is 0 Å². The Hall–Kier alpha value is -1.07. The molecule has 0 saturated heterocycles. The number of anilines is 1. The molecule has 0 aromatic carbocycles. The summed E-state index contributed by atoms with van der Waals surface area (Å²) in [6.07, 6.45) is 2.40. The van der Waals surface area contributed by atoms with Crippen LogP contribution < -0.4 is 16.6 Å². The summed E-state index contributed by atoms with van der Waals surface area (Å²) in [5, 5.41) is 7.24. The van der Waals surface area contributed by atoms with E-state index < -0.39 is 0 Å². The highest BCUT2D eigenvalue weighted by Crippen LogP contribution is 2.15. The van der Waals surface area contributed by atoms with Crippen LogP contribution in [-0.2, 0) is 6.54 Å². The fraction of sp³-hybridized carbons (Fsp3) is 0.600. The second-order valence-electron chi connectivity index (χ2n) is 3.68. The quantitative estimate of drug-likeness (QED) is 0.813. The van der Waals surface area contributed by atoms with Crippen molar-refractivity contribution in [2.24, 2.45) is 5.73 Å². The van der Waals surface area contributed by atoms with Crippen molar-refractivity contribution in [3.8, 4) is 0 Å². The van der Waals surface area contributed by atoms with Gasteiger partial charge in [-0.2, -0.15) is 5.10 Å². The Morgan fingerprint density at radius 1 is 1.69 bits per heavy atom. The number of aryl methyl sites for hydroxylation is 1. The molecule has 1 heterocycles. The molecule has 3 N–H and O–H groups in total. The number of hydrogen-bond donors (Lipinski definition) is 2. The fourth-order valence-corrected chi connectivity index (χ4v) is 1.46. The number of nitrogens with zero attached hydrogens (tertiary/aromatic N) is 2. The molecule has 90 valence electrons. The predicted molar refractivity (Wildman–Crippen MR) is 65.9 cm³/mol. The maximum absolute atomic E-state index is 11.7. The summed E-state index contributed by atoms with van der Waals surface area (Å²) in [7, 11) is 0. The van der Waals surface area contributed by atoms with Crippen LogP contribution in [0.4, 0.5) is 5.69 Å². The van der Waals surface area contributed by atoms with Gasteiger partial charge in [0.2, 0.25) is 0 Å². The molecule has 5 nitrogen and oxygen atoms in total. The molecule has 1 aromatic rings. The third kappa shape index (κ3) is 2.96. The lowest BCUT2D eigenvalue weighted by atomic mass is 10.3. The van der Waals surface area contributed by atoms with Gasteiger partial charge in [0.15, 0.2) is 0 Å². The molecule has 16 heavy (non-hydrogen) atoms. The van der Waals surface area contributed by atoms with Crippen LogP contribution in [0.3, 0.4) is 0 Å². The van der Waals surface area contributed by atoms with E-state index in [1.165, 1.54) is 4.68 Å². The number of nitrogens with one attached hydrogen (secondary N) is 1. The van der Waals surface area contributed by atoms with E-state index in [2.05, 4.69) is 10.4 Å². The van der Waals surface area contributed by atoms with E-state index in [1.54, 1.807) is 6.20 Å². The van der Waals surface area contributed by atoms with Gasteiger partial charge in [-0.1, -0.05) is 18.5 Å². The summed E-state index contributed by atoms with van der Waals surface area (Å²) in [4.78, 5) is 11.7. The Kier molecular flexibility index (Phi) is 4.76. The summed E-state index contributed by atoms with van der Waals surface area (Å²) >= 11 is 5.96. The predicted octanol–water partition coefficient (Wildman–Crippen LogP) is 1.07. The average Bonchev–Trinajstić information content (AvgIpc) is 2.28. The Balaban J connectivity index is 2.98. The van der Waals surface area contributed by atoms with Gasteiger partial charge < -0.3 is 11.1 Å². The van der Waals surface area contributed by atoms with Gasteiger partial charge in [-0.3, -0.25) is 4.79 Å². The molecule has 1 atom stereocenters. The van der Waals surface area contributed by atoms with Crippen molar-refractivity contribution < 1.29 is 0 Å². The van der Waals surface area contributed by atoms with Crippen LogP contribution in [0, 0.1) is 0 Å². The average molecular weight is 245 g/mol. The number of nitrogens with two attached hydrogens (primary N) is 1. The Bertz CT molecular complexity index is 404. The third-order valence-electron chi connectivity index (χ3n) is 2.18. The first-order chi connectivity index (χ1) is 7.60. The number of aromatic nitrogens is 2. The molecule has 0 aliphatic rings. The molecule has 1 unspecified atom stereocenters. The Morgan fingerprint density at radius 2 is 2.38 bits per heavy atom. The van der Waals surface area contributed by atoms with Gasteiger partial charge in [-0.05, 0) is 13.3 Å². The largest absolute Gasteiger partial charge is 0.379 e. The third-order valence-corrected chi connectivity index (χ3v) is 2.54. The van der Waals surface area contributed by atoms with Gasteiger partial charge >= 0.3 is 0 Å². The summed E-state index contributed by atoms with van der Waals surface area (Å²) in [6, 6.07) is 0.0562. The standard InChI is InChI=1S/C10H17ClN4O/c1-3-4-15-10(16)9(11)8(6-13-15)14-7(2)5-12/h6-7,14H,3-5,12H2,1-2H3. The van der Waals surface area contributed by atoms with Crippen LogP contribution in [0.1, 0.15) is 20.3 Å². The lowest BCUT2D eigenvalue weighted by Crippen LogP contribution is -2.29.